The van der Waals surface area contributed by atoms with E-state index in [2.05, 4.69) is 9.97 Å². The summed E-state index contributed by atoms with van der Waals surface area (Å²) in [5.74, 6) is 0.106. The fourth-order valence-electron chi connectivity index (χ4n) is 2.84. The van der Waals surface area contributed by atoms with Gasteiger partial charge in [-0.2, -0.15) is 0 Å². The van der Waals surface area contributed by atoms with Crippen LogP contribution in [0.2, 0.25) is 5.15 Å². The fraction of sp³-hybridized carbons (Fsp3) is 0.455. The molecule has 6 nitrogen and oxygen atoms in total. The SMILES string of the molecule is Cc1cc(Cl)nc(N(C=O)c2ccc(CCCCCC(=O)OC(C)(C)C)cc2)n1. The standard InChI is InChI=1S/C22H28ClN3O3/c1-16-14-19(23)25-21(24-16)26(15-27)18-12-10-17(11-13-18)8-6-5-7-9-20(28)29-22(2,3)4/h10-15H,5-9H2,1-4H3. The molecule has 0 aliphatic rings. The molecule has 0 atom stereocenters. The van der Waals surface area contributed by atoms with Crippen molar-refractivity contribution in [3.8, 4) is 0 Å². The summed E-state index contributed by atoms with van der Waals surface area (Å²) in [6.45, 7) is 7.42. The second-order valence-electron chi connectivity index (χ2n) is 7.92. The second-order valence-corrected chi connectivity index (χ2v) is 8.31. The monoisotopic (exact) mass is 417 g/mol. The van der Waals surface area contributed by atoms with Gasteiger partial charge in [0.2, 0.25) is 12.4 Å². The summed E-state index contributed by atoms with van der Waals surface area (Å²) in [4.78, 5) is 33.0. The van der Waals surface area contributed by atoms with Gasteiger partial charge in [0.1, 0.15) is 10.8 Å². The van der Waals surface area contributed by atoms with Crippen molar-refractivity contribution in [2.75, 3.05) is 4.90 Å². The zero-order valence-electron chi connectivity index (χ0n) is 17.4. The number of benzene rings is 1. The van der Waals surface area contributed by atoms with Crippen molar-refractivity contribution in [1.29, 1.82) is 0 Å². The molecule has 0 saturated heterocycles. The number of aromatic nitrogens is 2. The van der Waals surface area contributed by atoms with E-state index >= 15 is 0 Å². The Labute approximate surface area is 177 Å². The second kappa shape index (κ2) is 10.3. The molecule has 156 valence electrons. The number of ether oxygens (including phenoxy) is 1. The number of amides is 1. The van der Waals surface area contributed by atoms with Crippen LogP contribution in [-0.4, -0.2) is 27.9 Å². The topological polar surface area (TPSA) is 72.4 Å². The number of rotatable bonds is 9. The Morgan fingerprint density at radius 1 is 1.14 bits per heavy atom. The van der Waals surface area contributed by atoms with Crippen molar-refractivity contribution >= 4 is 35.6 Å². The highest BCUT2D eigenvalue weighted by Crippen LogP contribution is 2.23. The van der Waals surface area contributed by atoms with Crippen molar-refractivity contribution in [3.05, 3.63) is 46.7 Å². The molecule has 0 unspecified atom stereocenters. The Hall–Kier alpha value is -2.47. The van der Waals surface area contributed by atoms with Gasteiger partial charge >= 0.3 is 5.97 Å². The minimum atomic E-state index is -0.428. The number of carbonyl (C=O) groups is 2. The van der Waals surface area contributed by atoms with Gasteiger partial charge in [-0.1, -0.05) is 30.2 Å². The lowest BCUT2D eigenvalue weighted by molar-refractivity contribution is -0.154. The summed E-state index contributed by atoms with van der Waals surface area (Å²) in [5.41, 5.74) is 2.11. The van der Waals surface area contributed by atoms with E-state index < -0.39 is 5.60 Å². The Morgan fingerprint density at radius 3 is 2.41 bits per heavy atom. The quantitative estimate of drug-likeness (QED) is 0.243. The number of hydrogen-bond acceptors (Lipinski definition) is 5. The summed E-state index contributed by atoms with van der Waals surface area (Å²) >= 11 is 5.98. The molecule has 1 aromatic carbocycles. The van der Waals surface area contributed by atoms with Crippen molar-refractivity contribution in [2.24, 2.45) is 0 Å². The van der Waals surface area contributed by atoms with Gasteiger partial charge < -0.3 is 4.74 Å². The van der Waals surface area contributed by atoms with Crippen LogP contribution in [-0.2, 0) is 20.7 Å². The Bertz CT molecular complexity index is 812. The van der Waals surface area contributed by atoms with E-state index in [0.717, 1.165) is 25.7 Å². The Kier molecular flexibility index (Phi) is 8.14. The molecular formula is C22H28ClN3O3. The molecule has 1 amide bonds. The maximum absolute atomic E-state index is 11.7. The molecule has 0 fully saturated rings. The highest BCUT2D eigenvalue weighted by Gasteiger charge is 2.15. The first kappa shape index (κ1) is 22.8. The zero-order valence-corrected chi connectivity index (χ0v) is 18.2. The lowest BCUT2D eigenvalue weighted by Crippen LogP contribution is -2.23. The number of halogens is 1. The van der Waals surface area contributed by atoms with Gasteiger partial charge in [-0.3, -0.25) is 14.5 Å². The van der Waals surface area contributed by atoms with Crippen LogP contribution in [0, 0.1) is 6.92 Å². The molecule has 0 radical (unpaired) electrons. The summed E-state index contributed by atoms with van der Waals surface area (Å²) < 4.78 is 5.31. The van der Waals surface area contributed by atoms with Gasteiger partial charge in [0.25, 0.3) is 0 Å². The first-order valence-electron chi connectivity index (χ1n) is 9.74. The first-order chi connectivity index (χ1) is 13.7. The van der Waals surface area contributed by atoms with E-state index in [0.29, 0.717) is 29.4 Å². The normalized spacial score (nSPS) is 11.2. The third kappa shape index (κ3) is 7.81. The lowest BCUT2D eigenvalue weighted by atomic mass is 10.1. The van der Waals surface area contributed by atoms with Crippen molar-refractivity contribution in [3.63, 3.8) is 0 Å². The van der Waals surface area contributed by atoms with Crippen LogP contribution >= 0.6 is 11.6 Å². The third-order valence-corrected chi connectivity index (χ3v) is 4.31. The molecule has 1 aromatic heterocycles. The van der Waals surface area contributed by atoms with Crippen LogP contribution in [0.1, 0.15) is 57.7 Å². The van der Waals surface area contributed by atoms with Gasteiger partial charge in [-0.05, 0) is 70.7 Å². The highest BCUT2D eigenvalue weighted by atomic mass is 35.5. The highest BCUT2D eigenvalue weighted by molar-refractivity contribution is 6.29. The lowest BCUT2D eigenvalue weighted by Gasteiger charge is -2.19. The minimum absolute atomic E-state index is 0.144. The van der Waals surface area contributed by atoms with E-state index in [1.165, 1.54) is 10.5 Å². The van der Waals surface area contributed by atoms with E-state index in [4.69, 9.17) is 16.3 Å². The molecular weight excluding hydrogens is 390 g/mol. The summed E-state index contributed by atoms with van der Waals surface area (Å²) in [6.07, 6.45) is 4.79. The van der Waals surface area contributed by atoms with Crippen molar-refractivity contribution < 1.29 is 14.3 Å². The molecule has 29 heavy (non-hydrogen) atoms. The molecule has 0 N–H and O–H groups in total. The smallest absolute Gasteiger partial charge is 0.306 e. The van der Waals surface area contributed by atoms with Gasteiger partial charge in [0.05, 0.1) is 5.69 Å². The zero-order chi connectivity index (χ0) is 21.4. The summed E-state index contributed by atoms with van der Waals surface area (Å²) in [5, 5.41) is 0.294. The predicted octanol–water partition coefficient (Wildman–Crippen LogP) is 5.18. The number of carbonyl (C=O) groups excluding carboxylic acids is 2. The van der Waals surface area contributed by atoms with Gasteiger partial charge in [-0.15, -0.1) is 0 Å². The Morgan fingerprint density at radius 2 is 1.83 bits per heavy atom. The Balaban J connectivity index is 1.85. The first-order valence-corrected chi connectivity index (χ1v) is 10.1. The van der Waals surface area contributed by atoms with E-state index in [1.807, 2.05) is 45.0 Å². The largest absolute Gasteiger partial charge is 0.460 e. The van der Waals surface area contributed by atoms with Gasteiger partial charge in [-0.25, -0.2) is 9.97 Å². The maximum Gasteiger partial charge on any atom is 0.306 e. The minimum Gasteiger partial charge on any atom is -0.460 e. The van der Waals surface area contributed by atoms with Gasteiger partial charge in [0, 0.05) is 12.1 Å². The van der Waals surface area contributed by atoms with Crippen LogP contribution < -0.4 is 4.90 Å². The molecule has 7 heteroatoms. The molecule has 2 rings (SSSR count). The maximum atomic E-state index is 11.7. The summed E-state index contributed by atoms with van der Waals surface area (Å²) in [6, 6.07) is 9.34. The number of aryl methyl sites for hydroxylation is 2. The average Bonchev–Trinajstić information content (AvgIpc) is 2.61. The number of esters is 1. The van der Waals surface area contributed by atoms with Crippen molar-refractivity contribution in [1.82, 2.24) is 9.97 Å². The fourth-order valence-corrected chi connectivity index (χ4v) is 3.07. The third-order valence-electron chi connectivity index (χ3n) is 4.11. The van der Waals surface area contributed by atoms with Gasteiger partial charge in [0.15, 0.2) is 0 Å². The number of nitrogens with zero attached hydrogens (tertiary/aromatic N) is 3. The average molecular weight is 418 g/mol. The van der Waals surface area contributed by atoms with Crippen LogP contribution in [0.3, 0.4) is 0 Å². The number of anilines is 2. The van der Waals surface area contributed by atoms with Crippen LogP contribution in [0.25, 0.3) is 0 Å². The molecule has 0 aliphatic heterocycles. The molecule has 1 heterocycles. The van der Waals surface area contributed by atoms with E-state index in [-0.39, 0.29) is 11.9 Å². The number of unbranched alkanes of at least 4 members (excludes halogenated alkanes) is 2. The molecule has 0 bridgehead atoms. The van der Waals surface area contributed by atoms with E-state index in [1.54, 1.807) is 13.0 Å². The van der Waals surface area contributed by atoms with Crippen LogP contribution in [0.15, 0.2) is 30.3 Å². The van der Waals surface area contributed by atoms with Crippen LogP contribution in [0.4, 0.5) is 11.6 Å². The molecule has 0 aliphatic carbocycles. The molecule has 2 aromatic rings. The molecule has 0 saturated carbocycles. The van der Waals surface area contributed by atoms with Crippen molar-refractivity contribution in [2.45, 2.75) is 65.4 Å². The van der Waals surface area contributed by atoms with Crippen LogP contribution in [0.5, 0.6) is 0 Å². The van der Waals surface area contributed by atoms with E-state index in [9.17, 15) is 9.59 Å². The number of hydrogen-bond donors (Lipinski definition) is 0. The predicted molar refractivity (Wildman–Crippen MR) is 114 cm³/mol. The summed E-state index contributed by atoms with van der Waals surface area (Å²) in [7, 11) is 0. The molecule has 0 spiro atoms.